The third-order valence-electron chi connectivity index (χ3n) is 0.258. The highest BCUT2D eigenvalue weighted by atomic mass is 32.2. The van der Waals surface area contributed by atoms with Crippen LogP contribution in [-0.4, -0.2) is 11.8 Å². The minimum atomic E-state index is 0.0231. The first-order valence-corrected chi connectivity index (χ1v) is 2.34. The third kappa shape index (κ3) is 4.66. The molecule has 0 saturated heterocycles. The summed E-state index contributed by atoms with van der Waals surface area (Å²) < 4.78 is 0.0231. The lowest BCUT2D eigenvalue weighted by molar-refractivity contribution is 0.946. The van der Waals surface area contributed by atoms with Crippen molar-refractivity contribution >= 4 is 25.3 Å². The second kappa shape index (κ2) is 2.87. The molecule has 0 aliphatic heterocycles. The van der Waals surface area contributed by atoms with Crippen LogP contribution in [0.1, 0.15) is 0 Å². The van der Waals surface area contributed by atoms with Crippen molar-refractivity contribution in [3.63, 3.8) is 0 Å². The summed E-state index contributed by atoms with van der Waals surface area (Å²) in [6.07, 6.45) is 0. The molecule has 3 heteroatoms. The van der Waals surface area contributed by atoms with Gasteiger partial charge in [0, 0.05) is 0 Å². The zero-order chi connectivity index (χ0) is 4.28. The molecule has 1 N–H and O–H groups in total. The smallest absolute Gasteiger partial charge is 0.0941 e. The first-order valence-electron chi connectivity index (χ1n) is 1.31. The molecule has 0 bridgehead atoms. The second-order valence-electron chi connectivity index (χ2n) is 0.662. The van der Waals surface area contributed by atoms with E-state index < -0.39 is 0 Å². The van der Waals surface area contributed by atoms with Crippen LogP contribution in [0.3, 0.4) is 0 Å². The van der Waals surface area contributed by atoms with Gasteiger partial charge in [-0.05, 0) is 7.05 Å². The molecule has 0 fully saturated rings. The fourth-order valence-corrected chi connectivity index (χ4v) is 0. The van der Waals surface area contributed by atoms with Gasteiger partial charge in [0.05, 0.1) is 4.71 Å². The van der Waals surface area contributed by atoms with Crippen LogP contribution in [0.15, 0.2) is 0 Å². The maximum absolute atomic E-state index is 3.85. The molecule has 0 aliphatic carbocycles. The van der Waals surface area contributed by atoms with Gasteiger partial charge in [-0.25, -0.2) is 0 Å². The zero-order valence-corrected chi connectivity index (χ0v) is 4.76. The SMILES string of the molecule is CNC(S)S. The molecular weight excluding hydrogens is 102 g/mol. The Morgan fingerprint density at radius 2 is 1.80 bits per heavy atom. The number of nitrogens with one attached hydrogen (secondary N) is 1. The van der Waals surface area contributed by atoms with Gasteiger partial charge in [0.2, 0.25) is 0 Å². The predicted octanol–water partition coefficient (Wildman–Crippen LogP) is 0.349. The van der Waals surface area contributed by atoms with E-state index in [0.29, 0.717) is 0 Å². The van der Waals surface area contributed by atoms with Gasteiger partial charge in [0.15, 0.2) is 0 Å². The van der Waals surface area contributed by atoms with E-state index in [9.17, 15) is 0 Å². The second-order valence-corrected chi connectivity index (χ2v) is 2.10. The highest BCUT2D eigenvalue weighted by molar-refractivity contribution is 7.99. The number of thiol groups is 2. The Labute approximate surface area is 43.0 Å². The molecule has 0 rings (SSSR count). The fourth-order valence-electron chi connectivity index (χ4n) is 0. The van der Waals surface area contributed by atoms with Crippen molar-refractivity contribution in [2.24, 2.45) is 0 Å². The summed E-state index contributed by atoms with van der Waals surface area (Å²) >= 11 is 7.70. The van der Waals surface area contributed by atoms with Gasteiger partial charge in [0.25, 0.3) is 0 Å². The van der Waals surface area contributed by atoms with Crippen LogP contribution in [0.2, 0.25) is 0 Å². The molecule has 0 spiro atoms. The molecule has 0 aromatic rings. The standard InChI is InChI=1S/C2H7NS2/c1-3-2(4)5/h2-5H,1H3. The summed E-state index contributed by atoms with van der Waals surface area (Å²) in [5.41, 5.74) is 0. The van der Waals surface area contributed by atoms with E-state index in [1.165, 1.54) is 0 Å². The molecule has 0 radical (unpaired) electrons. The van der Waals surface area contributed by atoms with E-state index in [1.807, 2.05) is 0 Å². The summed E-state index contributed by atoms with van der Waals surface area (Å²) in [4.78, 5) is 0. The van der Waals surface area contributed by atoms with Crippen LogP contribution in [0.4, 0.5) is 0 Å². The quantitative estimate of drug-likeness (QED) is 0.326. The topological polar surface area (TPSA) is 12.0 Å². The summed E-state index contributed by atoms with van der Waals surface area (Å²) in [5.74, 6) is 0. The van der Waals surface area contributed by atoms with Gasteiger partial charge < -0.3 is 5.32 Å². The molecule has 0 atom stereocenters. The van der Waals surface area contributed by atoms with Crippen LogP contribution < -0.4 is 5.32 Å². The van der Waals surface area contributed by atoms with E-state index in [-0.39, 0.29) is 4.71 Å². The van der Waals surface area contributed by atoms with Crippen molar-refractivity contribution in [1.82, 2.24) is 5.32 Å². The summed E-state index contributed by atoms with van der Waals surface area (Å²) in [6.45, 7) is 0. The van der Waals surface area contributed by atoms with Crippen molar-refractivity contribution in [2.45, 2.75) is 4.71 Å². The van der Waals surface area contributed by atoms with E-state index in [1.54, 1.807) is 7.05 Å². The normalized spacial score (nSPS) is 9.60. The van der Waals surface area contributed by atoms with E-state index in [2.05, 4.69) is 30.6 Å². The Morgan fingerprint density at radius 3 is 1.80 bits per heavy atom. The molecule has 5 heavy (non-hydrogen) atoms. The van der Waals surface area contributed by atoms with Crippen molar-refractivity contribution in [2.75, 3.05) is 7.05 Å². The Bertz CT molecular complexity index is 21.6. The predicted molar refractivity (Wildman–Crippen MR) is 30.8 cm³/mol. The summed E-state index contributed by atoms with van der Waals surface area (Å²) in [7, 11) is 1.80. The molecule has 0 saturated carbocycles. The summed E-state index contributed by atoms with van der Waals surface area (Å²) in [5, 5.41) is 2.76. The first-order chi connectivity index (χ1) is 2.27. The maximum Gasteiger partial charge on any atom is 0.0941 e. The molecule has 0 amide bonds. The molecule has 0 aliphatic rings. The average Bonchev–Trinajstić information content (AvgIpc) is 1.38. The Hall–Kier alpha value is 0.660. The average molecular weight is 109 g/mol. The zero-order valence-electron chi connectivity index (χ0n) is 2.97. The monoisotopic (exact) mass is 109 g/mol. The molecular formula is C2H7NS2. The van der Waals surface area contributed by atoms with Crippen molar-refractivity contribution < 1.29 is 0 Å². The fraction of sp³-hybridized carbons (Fsp3) is 1.00. The van der Waals surface area contributed by atoms with Crippen molar-refractivity contribution in [3.05, 3.63) is 0 Å². The van der Waals surface area contributed by atoms with E-state index in [0.717, 1.165) is 0 Å². The van der Waals surface area contributed by atoms with E-state index >= 15 is 0 Å². The summed E-state index contributed by atoms with van der Waals surface area (Å²) in [6, 6.07) is 0. The molecule has 0 unspecified atom stereocenters. The van der Waals surface area contributed by atoms with Crippen molar-refractivity contribution in [3.8, 4) is 0 Å². The van der Waals surface area contributed by atoms with Gasteiger partial charge in [-0.3, -0.25) is 0 Å². The Morgan fingerprint density at radius 1 is 1.60 bits per heavy atom. The van der Waals surface area contributed by atoms with Gasteiger partial charge in [-0.1, -0.05) is 0 Å². The van der Waals surface area contributed by atoms with E-state index in [4.69, 9.17) is 0 Å². The Balaban J connectivity index is 2.54. The van der Waals surface area contributed by atoms with Gasteiger partial charge in [0.1, 0.15) is 0 Å². The van der Waals surface area contributed by atoms with Crippen LogP contribution in [0, 0.1) is 0 Å². The largest absolute Gasteiger partial charge is 0.300 e. The molecule has 32 valence electrons. The van der Waals surface area contributed by atoms with Crippen LogP contribution in [0.25, 0.3) is 0 Å². The number of hydrogen-bond donors (Lipinski definition) is 3. The van der Waals surface area contributed by atoms with Crippen LogP contribution in [-0.2, 0) is 0 Å². The highest BCUT2D eigenvalue weighted by Crippen LogP contribution is 1.89. The highest BCUT2D eigenvalue weighted by Gasteiger charge is 1.78. The minimum Gasteiger partial charge on any atom is -0.300 e. The van der Waals surface area contributed by atoms with Crippen molar-refractivity contribution in [1.29, 1.82) is 0 Å². The van der Waals surface area contributed by atoms with Gasteiger partial charge in [-0.2, -0.15) is 0 Å². The van der Waals surface area contributed by atoms with Gasteiger partial charge in [-0.15, -0.1) is 25.3 Å². The Kier molecular flexibility index (Phi) is 3.25. The lowest BCUT2D eigenvalue weighted by Crippen LogP contribution is -2.10. The number of rotatable bonds is 1. The molecule has 0 aromatic heterocycles. The molecule has 0 aromatic carbocycles. The minimum absolute atomic E-state index is 0.0231. The third-order valence-corrected chi connectivity index (χ3v) is 0.775. The maximum atomic E-state index is 3.85. The lowest BCUT2D eigenvalue weighted by Gasteiger charge is -1.93. The number of hydrogen-bond acceptors (Lipinski definition) is 3. The first kappa shape index (κ1) is 5.66. The van der Waals surface area contributed by atoms with Crippen LogP contribution >= 0.6 is 25.3 Å². The van der Waals surface area contributed by atoms with Gasteiger partial charge >= 0.3 is 0 Å². The molecule has 1 nitrogen and oxygen atoms in total. The lowest BCUT2D eigenvalue weighted by atomic mass is 11.2. The van der Waals surface area contributed by atoms with Crippen LogP contribution in [0.5, 0.6) is 0 Å². The molecule has 0 heterocycles.